The molecule has 0 aromatic heterocycles. The second-order valence-corrected chi connectivity index (χ2v) is 6.43. The molecule has 0 bridgehead atoms. The van der Waals surface area contributed by atoms with Crippen LogP contribution in [0.1, 0.15) is 19.4 Å². The number of anilines is 3. The van der Waals surface area contributed by atoms with E-state index in [2.05, 4.69) is 54.0 Å². The number of benzene rings is 3. The van der Waals surface area contributed by atoms with Crippen molar-refractivity contribution in [2.75, 3.05) is 4.90 Å². The topological polar surface area (TPSA) is 29.5 Å². The number of rotatable bonds is 6. The number of esters is 1. The van der Waals surface area contributed by atoms with Crippen molar-refractivity contribution >= 4 is 29.1 Å². The van der Waals surface area contributed by atoms with E-state index in [0.717, 1.165) is 22.6 Å². The molecule has 3 nitrogen and oxygen atoms in total. The molecule has 0 saturated heterocycles. The van der Waals surface area contributed by atoms with E-state index in [1.54, 1.807) is 19.1 Å². The lowest BCUT2D eigenvalue weighted by Gasteiger charge is -2.25. The molecule has 28 heavy (non-hydrogen) atoms. The molecular formula is C25H23NO2. The summed E-state index contributed by atoms with van der Waals surface area (Å²) < 4.78 is 5.30. The minimum atomic E-state index is -0.424. The molecule has 140 valence electrons. The van der Waals surface area contributed by atoms with Crippen molar-refractivity contribution in [1.82, 2.24) is 0 Å². The third-order valence-corrected chi connectivity index (χ3v) is 4.18. The molecule has 0 fully saturated rings. The SMILES string of the molecule is C=C(C)C(=O)Oc1ccc(N(c2ccccc2)c2ccc(C=CC)cc2)cc1. The van der Waals surface area contributed by atoms with E-state index >= 15 is 0 Å². The number of carbonyl (C=O) groups excluding carboxylic acids is 1. The lowest BCUT2D eigenvalue weighted by Crippen LogP contribution is -2.10. The van der Waals surface area contributed by atoms with Gasteiger partial charge in [0.05, 0.1) is 0 Å². The second-order valence-electron chi connectivity index (χ2n) is 6.43. The molecule has 0 aliphatic heterocycles. The maximum atomic E-state index is 11.7. The quantitative estimate of drug-likeness (QED) is 0.276. The summed E-state index contributed by atoms with van der Waals surface area (Å²) >= 11 is 0. The van der Waals surface area contributed by atoms with Gasteiger partial charge in [0.25, 0.3) is 0 Å². The van der Waals surface area contributed by atoms with Gasteiger partial charge in [-0.05, 0) is 67.9 Å². The first-order chi connectivity index (χ1) is 13.6. The van der Waals surface area contributed by atoms with Crippen LogP contribution in [0.5, 0.6) is 5.75 Å². The number of allylic oxidation sites excluding steroid dienone is 1. The lowest BCUT2D eigenvalue weighted by molar-refractivity contribution is -0.130. The molecule has 0 unspecified atom stereocenters. The summed E-state index contributed by atoms with van der Waals surface area (Å²) in [5.41, 5.74) is 4.59. The number of hydrogen-bond donors (Lipinski definition) is 0. The molecule has 0 aliphatic carbocycles. The van der Waals surface area contributed by atoms with Crippen molar-refractivity contribution in [1.29, 1.82) is 0 Å². The van der Waals surface area contributed by atoms with Gasteiger partial charge in [0.15, 0.2) is 0 Å². The Morgan fingerprint density at radius 3 is 1.93 bits per heavy atom. The maximum absolute atomic E-state index is 11.7. The van der Waals surface area contributed by atoms with Crippen molar-refractivity contribution in [2.24, 2.45) is 0 Å². The van der Waals surface area contributed by atoms with E-state index in [4.69, 9.17) is 4.74 Å². The van der Waals surface area contributed by atoms with Gasteiger partial charge in [0.2, 0.25) is 0 Å². The monoisotopic (exact) mass is 369 g/mol. The van der Waals surface area contributed by atoms with Crippen molar-refractivity contribution < 1.29 is 9.53 Å². The number of nitrogens with zero attached hydrogens (tertiary/aromatic N) is 1. The molecule has 0 aliphatic rings. The molecule has 0 amide bonds. The molecule has 3 aromatic rings. The smallest absolute Gasteiger partial charge is 0.338 e. The summed E-state index contributed by atoms with van der Waals surface area (Å²) in [7, 11) is 0. The van der Waals surface area contributed by atoms with Gasteiger partial charge in [-0.1, -0.05) is 49.1 Å². The first-order valence-electron chi connectivity index (χ1n) is 9.14. The molecule has 0 saturated carbocycles. The van der Waals surface area contributed by atoms with Gasteiger partial charge in [0.1, 0.15) is 5.75 Å². The van der Waals surface area contributed by atoms with Crippen LogP contribution in [0, 0.1) is 0 Å². The van der Waals surface area contributed by atoms with Gasteiger partial charge in [-0.2, -0.15) is 0 Å². The highest BCUT2D eigenvalue weighted by molar-refractivity contribution is 5.89. The number of carbonyl (C=O) groups is 1. The van der Waals surface area contributed by atoms with Gasteiger partial charge < -0.3 is 9.64 Å². The normalized spacial score (nSPS) is 10.6. The van der Waals surface area contributed by atoms with Crippen LogP contribution >= 0.6 is 0 Å². The van der Waals surface area contributed by atoms with Gasteiger partial charge in [0, 0.05) is 22.6 Å². The minimum absolute atomic E-state index is 0.371. The average Bonchev–Trinajstić information content (AvgIpc) is 2.72. The summed E-state index contributed by atoms with van der Waals surface area (Å²) in [5, 5.41) is 0. The minimum Gasteiger partial charge on any atom is -0.423 e. The predicted octanol–water partition coefficient (Wildman–Crippen LogP) is 6.67. The zero-order valence-electron chi connectivity index (χ0n) is 16.1. The van der Waals surface area contributed by atoms with Crippen LogP contribution < -0.4 is 9.64 Å². The van der Waals surface area contributed by atoms with E-state index in [1.807, 2.05) is 43.3 Å². The molecule has 3 aromatic carbocycles. The summed E-state index contributed by atoms with van der Waals surface area (Å²) in [6.07, 6.45) is 4.09. The first kappa shape index (κ1) is 19.2. The van der Waals surface area contributed by atoms with Crippen LogP contribution in [0.25, 0.3) is 6.08 Å². The van der Waals surface area contributed by atoms with Gasteiger partial charge >= 0.3 is 5.97 Å². The third-order valence-electron chi connectivity index (χ3n) is 4.18. The van der Waals surface area contributed by atoms with Crippen LogP contribution in [0.15, 0.2) is 97.1 Å². The Morgan fingerprint density at radius 1 is 0.857 bits per heavy atom. The standard InChI is InChI=1S/C25H23NO2/c1-4-8-20-11-13-22(14-12-20)26(21-9-6-5-7-10-21)23-15-17-24(18-16-23)28-25(27)19(2)3/h4-18H,2H2,1,3H3. The maximum Gasteiger partial charge on any atom is 0.338 e. The predicted molar refractivity (Wildman–Crippen MR) is 116 cm³/mol. The van der Waals surface area contributed by atoms with Gasteiger partial charge in [-0.25, -0.2) is 4.79 Å². The molecule has 3 rings (SSSR count). The molecule has 0 heterocycles. The highest BCUT2D eigenvalue weighted by Gasteiger charge is 2.13. The largest absolute Gasteiger partial charge is 0.423 e. The Bertz CT molecular complexity index is 971. The Balaban J connectivity index is 1.95. The van der Waals surface area contributed by atoms with Crippen molar-refractivity contribution in [2.45, 2.75) is 13.8 Å². The van der Waals surface area contributed by atoms with E-state index in [1.165, 1.54) is 0 Å². The van der Waals surface area contributed by atoms with Crippen molar-refractivity contribution in [3.05, 3.63) is 103 Å². The van der Waals surface area contributed by atoms with E-state index in [0.29, 0.717) is 11.3 Å². The Morgan fingerprint density at radius 2 is 1.39 bits per heavy atom. The van der Waals surface area contributed by atoms with Gasteiger partial charge in [-0.15, -0.1) is 0 Å². The number of hydrogen-bond acceptors (Lipinski definition) is 3. The fourth-order valence-corrected chi connectivity index (χ4v) is 2.81. The Hall–Kier alpha value is -3.59. The first-order valence-corrected chi connectivity index (χ1v) is 9.14. The fraction of sp³-hybridized carbons (Fsp3) is 0.0800. The van der Waals surface area contributed by atoms with Crippen LogP contribution in [0.3, 0.4) is 0 Å². The summed E-state index contributed by atoms with van der Waals surface area (Å²) in [6.45, 7) is 7.25. The molecule has 0 radical (unpaired) electrons. The van der Waals surface area contributed by atoms with E-state index in [-0.39, 0.29) is 0 Å². The fourth-order valence-electron chi connectivity index (χ4n) is 2.81. The Labute approximate surface area is 166 Å². The Kier molecular flexibility index (Phi) is 6.07. The second kappa shape index (κ2) is 8.87. The highest BCUT2D eigenvalue weighted by atomic mass is 16.5. The summed E-state index contributed by atoms with van der Waals surface area (Å²) in [4.78, 5) is 13.9. The zero-order chi connectivity index (χ0) is 19.9. The molecule has 0 spiro atoms. The molecule has 0 N–H and O–H groups in total. The van der Waals surface area contributed by atoms with Crippen molar-refractivity contribution in [3.63, 3.8) is 0 Å². The summed E-state index contributed by atoms with van der Waals surface area (Å²) in [5.74, 6) is 0.0698. The van der Waals surface area contributed by atoms with E-state index in [9.17, 15) is 4.79 Å². The third kappa shape index (κ3) is 4.57. The molecule has 0 atom stereocenters. The van der Waals surface area contributed by atoms with Crippen molar-refractivity contribution in [3.8, 4) is 5.75 Å². The highest BCUT2D eigenvalue weighted by Crippen LogP contribution is 2.35. The van der Waals surface area contributed by atoms with Crippen LogP contribution in [-0.2, 0) is 4.79 Å². The number of ether oxygens (including phenoxy) is 1. The molecule has 3 heteroatoms. The molecular weight excluding hydrogens is 346 g/mol. The average molecular weight is 369 g/mol. The van der Waals surface area contributed by atoms with Gasteiger partial charge in [-0.3, -0.25) is 0 Å². The summed E-state index contributed by atoms with van der Waals surface area (Å²) in [6, 6.07) is 26.0. The van der Waals surface area contributed by atoms with Crippen LogP contribution in [-0.4, -0.2) is 5.97 Å². The van der Waals surface area contributed by atoms with Crippen LogP contribution in [0.2, 0.25) is 0 Å². The lowest BCUT2D eigenvalue weighted by atomic mass is 10.1. The van der Waals surface area contributed by atoms with E-state index < -0.39 is 5.97 Å². The zero-order valence-corrected chi connectivity index (χ0v) is 16.1. The van der Waals surface area contributed by atoms with Crippen LogP contribution in [0.4, 0.5) is 17.1 Å². The number of para-hydroxylation sites is 1.